The maximum Gasteiger partial charge on any atom is 0.221 e. The van der Waals surface area contributed by atoms with Crippen molar-refractivity contribution in [3.05, 3.63) is 0 Å². The number of hydrogen-bond acceptors (Lipinski definition) is 2. The Morgan fingerprint density at radius 2 is 2.40 bits per heavy atom. The van der Waals surface area contributed by atoms with Crippen LogP contribution in [0.5, 0.6) is 0 Å². The van der Waals surface area contributed by atoms with Gasteiger partial charge in [0.2, 0.25) is 5.91 Å². The summed E-state index contributed by atoms with van der Waals surface area (Å²) in [7, 11) is 1.78. The van der Waals surface area contributed by atoms with Gasteiger partial charge in [-0.2, -0.15) is 0 Å². The third-order valence-electron chi connectivity index (χ3n) is 1.83. The molecule has 0 saturated carbocycles. The van der Waals surface area contributed by atoms with E-state index in [1.54, 1.807) is 18.9 Å². The molecule has 3 nitrogen and oxygen atoms in total. The fraction of sp³-hybridized carbons (Fsp3) is 0.857. The minimum atomic E-state index is 0.0394. The van der Waals surface area contributed by atoms with Crippen LogP contribution in [0.25, 0.3) is 0 Å². The molecule has 1 aliphatic rings. The van der Waals surface area contributed by atoms with Crippen molar-refractivity contribution < 1.29 is 9.53 Å². The molecule has 1 saturated heterocycles. The van der Waals surface area contributed by atoms with Crippen molar-refractivity contribution in [1.82, 2.24) is 4.90 Å². The van der Waals surface area contributed by atoms with Crippen LogP contribution < -0.4 is 0 Å². The molecule has 0 aromatic rings. The molecule has 1 aliphatic heterocycles. The van der Waals surface area contributed by atoms with Gasteiger partial charge in [0.1, 0.15) is 6.23 Å². The Morgan fingerprint density at radius 3 is 2.80 bits per heavy atom. The molecule has 58 valence electrons. The van der Waals surface area contributed by atoms with Crippen LogP contribution in [-0.2, 0) is 9.53 Å². The number of carbonyl (C=O) groups is 1. The molecule has 0 N–H and O–H groups in total. The number of nitrogens with zero attached hydrogens (tertiary/aromatic N) is 1. The van der Waals surface area contributed by atoms with Gasteiger partial charge in [-0.1, -0.05) is 0 Å². The molecule has 0 spiro atoms. The molecule has 1 unspecified atom stereocenters. The average Bonchev–Trinajstić information content (AvgIpc) is 2.36. The Morgan fingerprint density at radius 1 is 1.70 bits per heavy atom. The topological polar surface area (TPSA) is 29.5 Å². The molecule has 0 radical (unpaired) electrons. The van der Waals surface area contributed by atoms with Crippen molar-refractivity contribution in [3.8, 4) is 0 Å². The van der Waals surface area contributed by atoms with E-state index in [9.17, 15) is 4.79 Å². The first-order valence-electron chi connectivity index (χ1n) is 3.57. The fourth-order valence-corrected chi connectivity index (χ4v) is 1.07. The summed E-state index contributed by atoms with van der Waals surface area (Å²) in [6, 6.07) is 0. The lowest BCUT2D eigenvalue weighted by molar-refractivity contribution is -0.137. The second kappa shape index (κ2) is 3.01. The fourth-order valence-electron chi connectivity index (χ4n) is 1.07. The first kappa shape index (κ1) is 7.54. The summed E-state index contributed by atoms with van der Waals surface area (Å²) < 4.78 is 5.28. The molecular formula is C7H13NO2. The monoisotopic (exact) mass is 143 g/mol. The molecule has 1 fully saturated rings. The number of ether oxygens (including phenoxy) is 1. The van der Waals surface area contributed by atoms with Crippen LogP contribution in [0, 0.1) is 0 Å². The zero-order valence-corrected chi connectivity index (χ0v) is 6.46. The third kappa shape index (κ3) is 1.48. The number of amides is 1. The van der Waals surface area contributed by atoms with Crippen molar-refractivity contribution >= 4 is 5.91 Å². The van der Waals surface area contributed by atoms with Crippen LogP contribution in [0.2, 0.25) is 0 Å². The normalized spacial score (nSPS) is 24.8. The van der Waals surface area contributed by atoms with Gasteiger partial charge in [0, 0.05) is 20.6 Å². The van der Waals surface area contributed by atoms with Gasteiger partial charge in [0.05, 0.1) is 0 Å². The number of hydrogen-bond donors (Lipinski definition) is 0. The smallest absolute Gasteiger partial charge is 0.221 e. The van der Waals surface area contributed by atoms with E-state index in [1.165, 1.54) is 0 Å². The van der Waals surface area contributed by atoms with Crippen LogP contribution in [0.3, 0.4) is 0 Å². The molecule has 0 aromatic carbocycles. The summed E-state index contributed by atoms with van der Waals surface area (Å²) in [6.45, 7) is 2.35. The highest BCUT2D eigenvalue weighted by Crippen LogP contribution is 2.14. The van der Waals surface area contributed by atoms with E-state index in [0.29, 0.717) is 0 Å². The SMILES string of the molecule is CC(=O)N(C)C1CCCO1. The molecule has 0 aliphatic carbocycles. The Hall–Kier alpha value is -0.570. The van der Waals surface area contributed by atoms with E-state index in [-0.39, 0.29) is 12.1 Å². The molecule has 0 aromatic heterocycles. The minimum Gasteiger partial charge on any atom is -0.358 e. The first-order valence-corrected chi connectivity index (χ1v) is 3.57. The lowest BCUT2D eigenvalue weighted by Crippen LogP contribution is -2.34. The highest BCUT2D eigenvalue weighted by Gasteiger charge is 2.21. The highest BCUT2D eigenvalue weighted by atomic mass is 16.5. The summed E-state index contributed by atoms with van der Waals surface area (Å²) in [5.74, 6) is 0.0758. The van der Waals surface area contributed by atoms with E-state index in [2.05, 4.69) is 0 Å². The Labute approximate surface area is 61.0 Å². The van der Waals surface area contributed by atoms with Crippen LogP contribution in [0.4, 0.5) is 0 Å². The zero-order chi connectivity index (χ0) is 7.56. The highest BCUT2D eigenvalue weighted by molar-refractivity contribution is 5.73. The average molecular weight is 143 g/mol. The van der Waals surface area contributed by atoms with E-state index in [4.69, 9.17) is 4.74 Å². The van der Waals surface area contributed by atoms with Crippen LogP contribution in [0.15, 0.2) is 0 Å². The second-order valence-corrected chi connectivity index (χ2v) is 2.60. The lowest BCUT2D eigenvalue weighted by atomic mass is 10.3. The van der Waals surface area contributed by atoms with Gasteiger partial charge in [-0.05, 0) is 12.8 Å². The Balaban J connectivity index is 2.39. The van der Waals surface area contributed by atoms with Crippen molar-refractivity contribution in [1.29, 1.82) is 0 Å². The first-order chi connectivity index (χ1) is 4.72. The van der Waals surface area contributed by atoms with Crippen LogP contribution >= 0.6 is 0 Å². The predicted molar refractivity (Wildman–Crippen MR) is 37.4 cm³/mol. The molecule has 10 heavy (non-hydrogen) atoms. The van der Waals surface area contributed by atoms with Crippen molar-refractivity contribution in [3.63, 3.8) is 0 Å². The third-order valence-corrected chi connectivity index (χ3v) is 1.83. The van der Waals surface area contributed by atoms with Gasteiger partial charge < -0.3 is 9.64 Å². The van der Waals surface area contributed by atoms with Crippen LogP contribution in [-0.4, -0.2) is 30.7 Å². The maximum absolute atomic E-state index is 10.8. The standard InChI is InChI=1S/C7H13NO2/c1-6(9)8(2)7-4-3-5-10-7/h7H,3-5H2,1-2H3. The van der Waals surface area contributed by atoms with Crippen LogP contribution in [0.1, 0.15) is 19.8 Å². The summed E-state index contributed by atoms with van der Waals surface area (Å²) >= 11 is 0. The molecule has 3 heteroatoms. The number of carbonyl (C=O) groups excluding carboxylic acids is 1. The van der Waals surface area contributed by atoms with Crippen molar-refractivity contribution in [2.45, 2.75) is 26.0 Å². The van der Waals surface area contributed by atoms with Gasteiger partial charge in [0.15, 0.2) is 0 Å². The van der Waals surface area contributed by atoms with Gasteiger partial charge in [-0.15, -0.1) is 0 Å². The molecule has 1 heterocycles. The second-order valence-electron chi connectivity index (χ2n) is 2.60. The van der Waals surface area contributed by atoms with Gasteiger partial charge in [-0.3, -0.25) is 4.79 Å². The summed E-state index contributed by atoms with van der Waals surface area (Å²) in [6.07, 6.45) is 2.09. The van der Waals surface area contributed by atoms with Gasteiger partial charge in [-0.25, -0.2) is 0 Å². The summed E-state index contributed by atoms with van der Waals surface area (Å²) in [5.41, 5.74) is 0. The zero-order valence-electron chi connectivity index (χ0n) is 6.46. The molecule has 0 bridgehead atoms. The summed E-state index contributed by atoms with van der Waals surface area (Å²) in [5, 5.41) is 0. The van der Waals surface area contributed by atoms with Gasteiger partial charge in [0.25, 0.3) is 0 Å². The number of rotatable bonds is 1. The van der Waals surface area contributed by atoms with Crippen molar-refractivity contribution in [2.24, 2.45) is 0 Å². The van der Waals surface area contributed by atoms with E-state index < -0.39 is 0 Å². The predicted octanol–water partition coefficient (Wildman–Crippen LogP) is 0.601. The van der Waals surface area contributed by atoms with Crippen molar-refractivity contribution in [2.75, 3.05) is 13.7 Å². The largest absolute Gasteiger partial charge is 0.358 e. The maximum atomic E-state index is 10.8. The molecule has 1 atom stereocenters. The summed E-state index contributed by atoms with van der Waals surface area (Å²) in [4.78, 5) is 12.4. The molecule has 1 amide bonds. The lowest BCUT2D eigenvalue weighted by Gasteiger charge is -2.21. The van der Waals surface area contributed by atoms with E-state index >= 15 is 0 Å². The van der Waals surface area contributed by atoms with E-state index in [1.807, 2.05) is 0 Å². The van der Waals surface area contributed by atoms with Gasteiger partial charge >= 0.3 is 0 Å². The quantitative estimate of drug-likeness (QED) is 0.538. The molecular weight excluding hydrogens is 130 g/mol. The Bertz CT molecular complexity index is 130. The van der Waals surface area contributed by atoms with E-state index in [0.717, 1.165) is 19.4 Å². The Kier molecular flexibility index (Phi) is 2.27. The minimum absolute atomic E-state index is 0.0394. The molecule has 1 rings (SSSR count).